The van der Waals surface area contributed by atoms with Gasteiger partial charge in [0.05, 0.1) is 16.8 Å². The first-order valence-corrected chi connectivity index (χ1v) is 7.34. The summed E-state index contributed by atoms with van der Waals surface area (Å²) in [7, 11) is 0. The zero-order valence-electron chi connectivity index (χ0n) is 11.2. The molecule has 0 aromatic heterocycles. The summed E-state index contributed by atoms with van der Waals surface area (Å²) in [5.41, 5.74) is 0.851. The molecule has 0 spiro atoms. The van der Waals surface area contributed by atoms with Gasteiger partial charge in [0, 0.05) is 13.1 Å². The van der Waals surface area contributed by atoms with Gasteiger partial charge in [0.25, 0.3) is 0 Å². The van der Waals surface area contributed by atoms with Crippen molar-refractivity contribution in [3.8, 4) is 0 Å². The van der Waals surface area contributed by atoms with Crippen molar-refractivity contribution < 1.29 is 4.79 Å². The van der Waals surface area contributed by atoms with Crippen LogP contribution in [0.3, 0.4) is 0 Å². The lowest BCUT2D eigenvalue weighted by Crippen LogP contribution is -2.40. The molecule has 2 saturated heterocycles. The average molecular weight is 279 g/mol. The van der Waals surface area contributed by atoms with E-state index in [0.29, 0.717) is 10.9 Å². The van der Waals surface area contributed by atoms with E-state index in [4.69, 9.17) is 11.6 Å². The quantitative estimate of drug-likeness (QED) is 0.831. The van der Waals surface area contributed by atoms with Gasteiger partial charge in [-0.3, -0.25) is 9.69 Å². The van der Waals surface area contributed by atoms with E-state index >= 15 is 0 Å². The minimum Gasteiger partial charge on any atom is -0.310 e. The zero-order chi connectivity index (χ0) is 13.4. The van der Waals surface area contributed by atoms with E-state index in [2.05, 4.69) is 11.8 Å². The molecule has 1 aromatic rings. The largest absolute Gasteiger partial charge is 0.310 e. The number of halogens is 1. The Labute approximate surface area is 119 Å². The molecule has 0 bridgehead atoms. The second-order valence-electron chi connectivity index (χ2n) is 5.63. The lowest BCUT2D eigenvalue weighted by atomic mass is 10.2. The number of hydrogen-bond acceptors (Lipinski definition) is 2. The first-order chi connectivity index (χ1) is 9.16. The van der Waals surface area contributed by atoms with E-state index in [1.54, 1.807) is 0 Å². The lowest BCUT2D eigenvalue weighted by Gasteiger charge is -2.23. The van der Waals surface area contributed by atoms with Crippen LogP contribution < -0.4 is 4.90 Å². The standard InChI is InChI=1S/C15H19ClN2O/c1-11-6-8-17(10-11)14-7-9-18(15(14)19)13-5-3-2-4-12(13)16/h2-5,11,14H,6-10H2,1H3. The molecule has 2 aliphatic rings. The van der Waals surface area contributed by atoms with E-state index in [9.17, 15) is 4.79 Å². The van der Waals surface area contributed by atoms with Gasteiger partial charge in [0.2, 0.25) is 5.91 Å². The highest BCUT2D eigenvalue weighted by Crippen LogP contribution is 2.31. The number of carbonyl (C=O) groups is 1. The molecule has 1 amide bonds. The predicted molar refractivity (Wildman–Crippen MR) is 77.6 cm³/mol. The third-order valence-corrected chi connectivity index (χ3v) is 4.54. The van der Waals surface area contributed by atoms with Crippen LogP contribution in [0, 0.1) is 5.92 Å². The fourth-order valence-corrected chi connectivity index (χ4v) is 3.40. The maximum Gasteiger partial charge on any atom is 0.244 e. The van der Waals surface area contributed by atoms with E-state index < -0.39 is 0 Å². The number of amides is 1. The van der Waals surface area contributed by atoms with Gasteiger partial charge in [-0.1, -0.05) is 30.7 Å². The lowest BCUT2D eigenvalue weighted by molar-refractivity contribution is -0.121. The van der Waals surface area contributed by atoms with Crippen LogP contribution >= 0.6 is 11.6 Å². The normalized spacial score (nSPS) is 28.3. The second-order valence-corrected chi connectivity index (χ2v) is 6.04. The zero-order valence-corrected chi connectivity index (χ0v) is 11.9. The molecule has 2 unspecified atom stereocenters. The van der Waals surface area contributed by atoms with Crippen LogP contribution in [0.5, 0.6) is 0 Å². The molecule has 2 fully saturated rings. The van der Waals surface area contributed by atoms with E-state index in [1.165, 1.54) is 6.42 Å². The summed E-state index contributed by atoms with van der Waals surface area (Å²) in [5, 5.41) is 0.659. The summed E-state index contributed by atoms with van der Waals surface area (Å²) >= 11 is 6.19. The molecule has 2 heterocycles. The van der Waals surface area contributed by atoms with Crippen molar-refractivity contribution >= 4 is 23.2 Å². The van der Waals surface area contributed by atoms with Crippen molar-refractivity contribution in [1.82, 2.24) is 4.90 Å². The third-order valence-electron chi connectivity index (χ3n) is 4.22. The molecule has 0 radical (unpaired) electrons. The Morgan fingerprint density at radius 3 is 2.68 bits per heavy atom. The molecule has 0 N–H and O–H groups in total. The Balaban J connectivity index is 1.77. The molecule has 3 rings (SSSR count). The van der Waals surface area contributed by atoms with Crippen LogP contribution in [0.25, 0.3) is 0 Å². The number of carbonyl (C=O) groups excluding carboxylic acids is 1. The molecule has 19 heavy (non-hydrogen) atoms. The fourth-order valence-electron chi connectivity index (χ4n) is 3.17. The van der Waals surface area contributed by atoms with Crippen LogP contribution in [0.2, 0.25) is 5.02 Å². The Bertz CT molecular complexity index is 491. The smallest absolute Gasteiger partial charge is 0.244 e. The highest BCUT2D eigenvalue weighted by molar-refractivity contribution is 6.33. The number of benzene rings is 1. The van der Waals surface area contributed by atoms with E-state index in [1.807, 2.05) is 29.2 Å². The van der Waals surface area contributed by atoms with Gasteiger partial charge in [-0.2, -0.15) is 0 Å². The van der Waals surface area contributed by atoms with Crippen LogP contribution in [0.1, 0.15) is 19.8 Å². The fraction of sp³-hybridized carbons (Fsp3) is 0.533. The Kier molecular flexibility index (Phi) is 3.50. The SMILES string of the molecule is CC1CCN(C2CCN(c3ccccc3Cl)C2=O)C1. The molecule has 3 nitrogen and oxygen atoms in total. The van der Waals surface area contributed by atoms with Gasteiger partial charge in [-0.15, -0.1) is 0 Å². The molecular weight excluding hydrogens is 260 g/mol. The van der Waals surface area contributed by atoms with Crippen molar-refractivity contribution in [2.75, 3.05) is 24.5 Å². The molecule has 1 aromatic carbocycles. The minimum absolute atomic E-state index is 0.0567. The summed E-state index contributed by atoms with van der Waals surface area (Å²) < 4.78 is 0. The molecule has 2 aliphatic heterocycles. The monoisotopic (exact) mass is 278 g/mol. The minimum atomic E-state index is 0.0567. The van der Waals surface area contributed by atoms with Crippen LogP contribution in [-0.4, -0.2) is 36.5 Å². The van der Waals surface area contributed by atoms with Gasteiger partial charge in [0.1, 0.15) is 0 Å². The number of likely N-dealkylation sites (tertiary alicyclic amines) is 1. The predicted octanol–water partition coefficient (Wildman–Crippen LogP) is 2.79. The molecular formula is C15H19ClN2O. The average Bonchev–Trinajstić information content (AvgIpc) is 2.97. The van der Waals surface area contributed by atoms with E-state index in [0.717, 1.165) is 31.7 Å². The highest BCUT2D eigenvalue weighted by atomic mass is 35.5. The molecule has 102 valence electrons. The maximum absolute atomic E-state index is 12.6. The van der Waals surface area contributed by atoms with Crippen molar-refractivity contribution in [3.05, 3.63) is 29.3 Å². The summed E-state index contributed by atoms with van der Waals surface area (Å²) in [5.74, 6) is 0.921. The van der Waals surface area contributed by atoms with Crippen molar-refractivity contribution in [2.24, 2.45) is 5.92 Å². The van der Waals surface area contributed by atoms with Crippen molar-refractivity contribution in [3.63, 3.8) is 0 Å². The number of hydrogen-bond donors (Lipinski definition) is 0. The third kappa shape index (κ3) is 2.37. The summed E-state index contributed by atoms with van der Waals surface area (Å²) in [6.07, 6.45) is 2.12. The van der Waals surface area contributed by atoms with Crippen LogP contribution in [0.15, 0.2) is 24.3 Å². The summed E-state index contributed by atoms with van der Waals surface area (Å²) in [6.45, 7) is 5.13. The maximum atomic E-state index is 12.6. The van der Waals surface area contributed by atoms with Gasteiger partial charge < -0.3 is 4.90 Å². The van der Waals surface area contributed by atoms with Gasteiger partial charge in [-0.25, -0.2) is 0 Å². The molecule has 4 heteroatoms. The van der Waals surface area contributed by atoms with Gasteiger partial charge in [-0.05, 0) is 37.4 Å². The summed E-state index contributed by atoms with van der Waals surface area (Å²) in [4.78, 5) is 16.8. The first kappa shape index (κ1) is 12.9. The Morgan fingerprint density at radius 2 is 2.00 bits per heavy atom. The van der Waals surface area contributed by atoms with Crippen molar-refractivity contribution in [1.29, 1.82) is 0 Å². The van der Waals surface area contributed by atoms with Crippen LogP contribution in [0.4, 0.5) is 5.69 Å². The molecule has 2 atom stereocenters. The molecule has 0 aliphatic carbocycles. The topological polar surface area (TPSA) is 23.6 Å². The number of rotatable bonds is 2. The second kappa shape index (κ2) is 5.14. The number of nitrogens with zero attached hydrogens (tertiary/aromatic N) is 2. The Hall–Kier alpha value is -1.06. The van der Waals surface area contributed by atoms with Gasteiger partial charge in [0.15, 0.2) is 0 Å². The highest BCUT2D eigenvalue weighted by Gasteiger charge is 2.39. The molecule has 0 saturated carbocycles. The van der Waals surface area contributed by atoms with Crippen LogP contribution in [-0.2, 0) is 4.79 Å². The number of para-hydroxylation sites is 1. The van der Waals surface area contributed by atoms with E-state index in [-0.39, 0.29) is 11.9 Å². The first-order valence-electron chi connectivity index (χ1n) is 6.97. The Morgan fingerprint density at radius 1 is 1.21 bits per heavy atom. The summed E-state index contributed by atoms with van der Waals surface area (Å²) in [6, 6.07) is 7.65. The van der Waals surface area contributed by atoms with Gasteiger partial charge >= 0.3 is 0 Å². The number of anilines is 1. The van der Waals surface area contributed by atoms with Crippen molar-refractivity contribution in [2.45, 2.75) is 25.8 Å².